The summed E-state index contributed by atoms with van der Waals surface area (Å²) in [5.74, 6) is -1.05. The van der Waals surface area contributed by atoms with Gasteiger partial charge in [0.05, 0.1) is 7.11 Å². The van der Waals surface area contributed by atoms with Gasteiger partial charge in [-0.05, 0) is 14.1 Å². The predicted molar refractivity (Wildman–Crippen MR) is 52.1 cm³/mol. The number of methoxy groups -OCH3 is 1. The van der Waals surface area contributed by atoms with Crippen LogP contribution >= 0.6 is 0 Å². The molecule has 1 heterocycles. The maximum Gasteiger partial charge on any atom is 0.333 e. The van der Waals surface area contributed by atoms with Gasteiger partial charge in [-0.15, -0.1) is 0 Å². The fourth-order valence-electron chi connectivity index (χ4n) is 1.83. The zero-order valence-corrected chi connectivity index (χ0v) is 9.11. The molecule has 1 rings (SSSR count). The van der Waals surface area contributed by atoms with Crippen molar-refractivity contribution in [2.24, 2.45) is 0 Å². The Kier molecular flexibility index (Phi) is 3.31. The summed E-state index contributed by atoms with van der Waals surface area (Å²) in [5.41, 5.74) is -1.12. The van der Waals surface area contributed by atoms with E-state index in [1.54, 1.807) is 19.0 Å². The average Bonchev–Trinajstić information content (AvgIpc) is 2.41. The zero-order valence-electron chi connectivity index (χ0n) is 9.11. The standard InChI is InChI=1S/C9H16N2O4/c1-11(2)5-9(8(14)15-3)4-6(12)7(13)10-9/h6,12H,4-5H2,1-3H3,(H,10,13)/t6-,9+/m1/s1. The van der Waals surface area contributed by atoms with E-state index >= 15 is 0 Å². The second-order valence-electron chi connectivity index (χ2n) is 4.02. The first kappa shape index (κ1) is 11.9. The molecule has 0 aromatic rings. The Morgan fingerprint density at radius 2 is 2.33 bits per heavy atom. The molecule has 0 unspecified atom stereocenters. The van der Waals surface area contributed by atoms with Crippen LogP contribution in [0.1, 0.15) is 6.42 Å². The maximum absolute atomic E-state index is 11.6. The fraction of sp³-hybridized carbons (Fsp3) is 0.778. The average molecular weight is 216 g/mol. The molecule has 1 aliphatic rings. The summed E-state index contributed by atoms with van der Waals surface area (Å²) in [6, 6.07) is 0. The van der Waals surface area contributed by atoms with Crippen molar-refractivity contribution < 1.29 is 19.4 Å². The number of esters is 1. The summed E-state index contributed by atoms with van der Waals surface area (Å²) in [6.07, 6.45) is -1.08. The molecule has 0 aromatic carbocycles. The van der Waals surface area contributed by atoms with E-state index in [1.807, 2.05) is 0 Å². The Hall–Kier alpha value is -1.14. The number of nitrogens with zero attached hydrogens (tertiary/aromatic N) is 1. The van der Waals surface area contributed by atoms with Crippen molar-refractivity contribution in [3.8, 4) is 0 Å². The van der Waals surface area contributed by atoms with E-state index in [1.165, 1.54) is 7.11 Å². The summed E-state index contributed by atoms with van der Waals surface area (Å²) in [7, 11) is 4.82. The molecular formula is C9H16N2O4. The van der Waals surface area contributed by atoms with Gasteiger partial charge in [-0.3, -0.25) is 4.79 Å². The fourth-order valence-corrected chi connectivity index (χ4v) is 1.83. The van der Waals surface area contributed by atoms with Gasteiger partial charge in [0.1, 0.15) is 6.10 Å². The zero-order chi connectivity index (χ0) is 11.6. The number of hydrogen-bond acceptors (Lipinski definition) is 5. The normalized spacial score (nSPS) is 30.5. The van der Waals surface area contributed by atoms with Gasteiger partial charge in [-0.1, -0.05) is 0 Å². The van der Waals surface area contributed by atoms with E-state index in [0.717, 1.165) is 0 Å². The maximum atomic E-state index is 11.6. The lowest BCUT2D eigenvalue weighted by atomic mass is 9.96. The van der Waals surface area contributed by atoms with Crippen molar-refractivity contribution in [2.75, 3.05) is 27.7 Å². The molecule has 6 heteroatoms. The highest BCUT2D eigenvalue weighted by Crippen LogP contribution is 2.22. The van der Waals surface area contributed by atoms with E-state index < -0.39 is 23.5 Å². The van der Waals surface area contributed by atoms with Gasteiger partial charge < -0.3 is 20.1 Å². The second-order valence-corrected chi connectivity index (χ2v) is 4.02. The van der Waals surface area contributed by atoms with Gasteiger partial charge >= 0.3 is 5.97 Å². The molecule has 2 N–H and O–H groups in total. The molecule has 0 bridgehead atoms. The number of amides is 1. The first-order chi connectivity index (χ1) is 6.91. The van der Waals surface area contributed by atoms with Gasteiger partial charge in [0.15, 0.2) is 5.54 Å². The van der Waals surface area contributed by atoms with Crippen molar-refractivity contribution in [2.45, 2.75) is 18.1 Å². The number of ether oxygens (including phenoxy) is 1. The summed E-state index contributed by atoms with van der Waals surface area (Å²) in [5, 5.41) is 11.8. The topological polar surface area (TPSA) is 78.9 Å². The summed E-state index contributed by atoms with van der Waals surface area (Å²) in [4.78, 5) is 24.6. The highest BCUT2D eigenvalue weighted by atomic mass is 16.5. The van der Waals surface area contributed by atoms with Crippen LogP contribution in [-0.4, -0.2) is 61.3 Å². The molecule has 15 heavy (non-hydrogen) atoms. The van der Waals surface area contributed by atoms with Crippen LogP contribution in [-0.2, 0) is 14.3 Å². The number of aliphatic hydroxyl groups is 1. The third-order valence-electron chi connectivity index (χ3n) is 2.37. The molecule has 1 fully saturated rings. The lowest BCUT2D eigenvalue weighted by molar-refractivity contribution is -0.149. The Morgan fingerprint density at radius 3 is 2.67 bits per heavy atom. The van der Waals surface area contributed by atoms with E-state index in [2.05, 4.69) is 10.1 Å². The Morgan fingerprint density at radius 1 is 1.73 bits per heavy atom. The molecule has 0 spiro atoms. The summed E-state index contributed by atoms with van der Waals surface area (Å²) < 4.78 is 4.64. The number of aliphatic hydroxyl groups excluding tert-OH is 1. The van der Waals surface area contributed by atoms with Gasteiger partial charge in [0.2, 0.25) is 5.91 Å². The molecular weight excluding hydrogens is 200 g/mol. The first-order valence-electron chi connectivity index (χ1n) is 4.64. The van der Waals surface area contributed by atoms with Crippen LogP contribution in [0.25, 0.3) is 0 Å². The smallest absolute Gasteiger partial charge is 0.333 e. The number of nitrogens with one attached hydrogen (secondary N) is 1. The molecule has 0 aliphatic carbocycles. The summed E-state index contributed by atoms with van der Waals surface area (Å²) >= 11 is 0. The monoisotopic (exact) mass is 216 g/mol. The van der Waals surface area contributed by atoms with Gasteiger partial charge in [-0.25, -0.2) is 4.79 Å². The van der Waals surface area contributed by atoms with E-state index in [0.29, 0.717) is 6.54 Å². The van der Waals surface area contributed by atoms with Crippen LogP contribution in [0, 0.1) is 0 Å². The van der Waals surface area contributed by atoms with Crippen molar-refractivity contribution in [1.82, 2.24) is 10.2 Å². The van der Waals surface area contributed by atoms with Gasteiger partial charge in [-0.2, -0.15) is 0 Å². The van der Waals surface area contributed by atoms with Crippen molar-refractivity contribution in [1.29, 1.82) is 0 Å². The highest BCUT2D eigenvalue weighted by Gasteiger charge is 2.50. The number of rotatable bonds is 3. The van der Waals surface area contributed by atoms with Crippen LogP contribution in [0.5, 0.6) is 0 Å². The van der Waals surface area contributed by atoms with E-state index in [-0.39, 0.29) is 6.42 Å². The number of carbonyl (C=O) groups is 2. The van der Waals surface area contributed by atoms with Crippen molar-refractivity contribution in [3.63, 3.8) is 0 Å². The lowest BCUT2D eigenvalue weighted by Crippen LogP contribution is -2.55. The molecule has 86 valence electrons. The van der Waals surface area contributed by atoms with Crippen LogP contribution in [0.3, 0.4) is 0 Å². The van der Waals surface area contributed by atoms with Gasteiger partial charge in [0, 0.05) is 13.0 Å². The van der Waals surface area contributed by atoms with Crippen LogP contribution in [0.2, 0.25) is 0 Å². The third-order valence-corrected chi connectivity index (χ3v) is 2.37. The number of likely N-dealkylation sites (N-methyl/N-ethyl adjacent to an activating group) is 1. The molecule has 1 saturated heterocycles. The van der Waals surface area contributed by atoms with E-state index in [9.17, 15) is 14.7 Å². The van der Waals surface area contributed by atoms with Crippen LogP contribution in [0.15, 0.2) is 0 Å². The minimum absolute atomic E-state index is 0.0523. The minimum atomic E-state index is -1.14. The molecule has 0 radical (unpaired) electrons. The Balaban J connectivity index is 2.88. The molecule has 6 nitrogen and oxygen atoms in total. The first-order valence-corrected chi connectivity index (χ1v) is 4.64. The quantitative estimate of drug-likeness (QED) is 0.552. The molecule has 1 amide bonds. The predicted octanol–water partition coefficient (Wildman–Crippen LogP) is -1.66. The lowest BCUT2D eigenvalue weighted by Gasteiger charge is -2.28. The Labute approximate surface area is 88.2 Å². The SMILES string of the molecule is COC(=O)[C@@]1(CN(C)C)C[C@@H](O)C(=O)N1. The molecule has 2 atom stereocenters. The van der Waals surface area contributed by atoms with Crippen LogP contribution in [0.4, 0.5) is 0 Å². The third kappa shape index (κ3) is 2.27. The summed E-state index contributed by atoms with van der Waals surface area (Å²) in [6.45, 7) is 0.308. The highest BCUT2D eigenvalue weighted by molar-refractivity contribution is 5.94. The molecule has 1 aliphatic heterocycles. The minimum Gasteiger partial charge on any atom is -0.467 e. The molecule has 0 saturated carbocycles. The molecule has 0 aromatic heterocycles. The number of hydrogen-bond donors (Lipinski definition) is 2. The van der Waals surface area contributed by atoms with Crippen molar-refractivity contribution in [3.05, 3.63) is 0 Å². The Bertz CT molecular complexity index is 279. The largest absolute Gasteiger partial charge is 0.467 e. The second kappa shape index (κ2) is 4.16. The van der Waals surface area contributed by atoms with E-state index in [4.69, 9.17) is 0 Å². The van der Waals surface area contributed by atoms with Gasteiger partial charge in [0.25, 0.3) is 0 Å². The number of carbonyl (C=O) groups excluding carboxylic acids is 2. The van der Waals surface area contributed by atoms with Crippen LogP contribution < -0.4 is 5.32 Å². The van der Waals surface area contributed by atoms with Crippen molar-refractivity contribution >= 4 is 11.9 Å².